The van der Waals surface area contributed by atoms with E-state index in [0.717, 1.165) is 27.8 Å². The molecule has 0 aliphatic heterocycles. The van der Waals surface area contributed by atoms with Crippen LogP contribution in [0.25, 0.3) is 10.9 Å². The van der Waals surface area contributed by atoms with E-state index >= 15 is 0 Å². The van der Waals surface area contributed by atoms with Gasteiger partial charge in [-0.3, -0.25) is 0 Å². The minimum absolute atomic E-state index is 0.0258. The molecule has 2 N–H and O–H groups in total. The van der Waals surface area contributed by atoms with Gasteiger partial charge in [-0.05, 0) is 30.2 Å². The molecule has 1 heterocycles. The van der Waals surface area contributed by atoms with Crippen LogP contribution in [0.2, 0.25) is 0 Å². The predicted octanol–water partition coefficient (Wildman–Crippen LogP) is 3.69. The Labute approximate surface area is 124 Å². The van der Waals surface area contributed by atoms with Gasteiger partial charge in [0.25, 0.3) is 0 Å². The standard InChI is InChI=1S/C18H18N2O/c1-13-11-15-9-5-6-10-16(15)19-18(13)20-17(12-21)14-7-3-2-4-8-14/h2-11,17,21H,12H2,1H3,(H,19,20). The van der Waals surface area contributed by atoms with Crippen LogP contribution in [0.15, 0.2) is 60.7 Å². The third-order valence-corrected chi connectivity index (χ3v) is 3.61. The Balaban J connectivity index is 1.95. The summed E-state index contributed by atoms with van der Waals surface area (Å²) in [5, 5.41) is 14.1. The van der Waals surface area contributed by atoms with Crippen LogP contribution in [0.5, 0.6) is 0 Å². The fourth-order valence-electron chi connectivity index (χ4n) is 2.45. The molecule has 106 valence electrons. The van der Waals surface area contributed by atoms with E-state index in [1.54, 1.807) is 0 Å². The van der Waals surface area contributed by atoms with E-state index in [4.69, 9.17) is 0 Å². The van der Waals surface area contributed by atoms with Crippen molar-refractivity contribution in [1.29, 1.82) is 0 Å². The summed E-state index contributed by atoms with van der Waals surface area (Å²) in [6.45, 7) is 2.05. The van der Waals surface area contributed by atoms with Crippen molar-refractivity contribution >= 4 is 16.7 Å². The van der Waals surface area contributed by atoms with Crippen LogP contribution < -0.4 is 5.32 Å². The molecule has 3 aromatic rings. The molecule has 1 atom stereocenters. The van der Waals surface area contributed by atoms with Crippen molar-refractivity contribution in [1.82, 2.24) is 4.98 Å². The van der Waals surface area contributed by atoms with E-state index in [1.807, 2.05) is 55.5 Å². The Hall–Kier alpha value is -2.39. The molecule has 0 saturated carbocycles. The highest BCUT2D eigenvalue weighted by atomic mass is 16.3. The van der Waals surface area contributed by atoms with Crippen LogP contribution in [0, 0.1) is 6.92 Å². The summed E-state index contributed by atoms with van der Waals surface area (Å²) in [5.41, 5.74) is 3.08. The van der Waals surface area contributed by atoms with Crippen LogP contribution in [0.4, 0.5) is 5.82 Å². The van der Waals surface area contributed by atoms with E-state index in [2.05, 4.69) is 22.4 Å². The molecule has 1 aromatic heterocycles. The molecule has 0 aliphatic carbocycles. The Bertz CT molecular complexity index is 741. The number of aliphatic hydroxyl groups excluding tert-OH is 1. The lowest BCUT2D eigenvalue weighted by molar-refractivity contribution is 0.276. The SMILES string of the molecule is Cc1cc2ccccc2nc1NC(CO)c1ccccc1. The van der Waals surface area contributed by atoms with Gasteiger partial charge in [-0.15, -0.1) is 0 Å². The van der Waals surface area contributed by atoms with Gasteiger partial charge >= 0.3 is 0 Å². The first-order valence-electron chi connectivity index (χ1n) is 7.06. The minimum Gasteiger partial charge on any atom is -0.394 e. The van der Waals surface area contributed by atoms with Gasteiger partial charge in [0.1, 0.15) is 5.82 Å². The molecule has 0 fully saturated rings. The van der Waals surface area contributed by atoms with Crippen molar-refractivity contribution in [3.8, 4) is 0 Å². The quantitative estimate of drug-likeness (QED) is 0.765. The topological polar surface area (TPSA) is 45.2 Å². The van der Waals surface area contributed by atoms with Gasteiger partial charge in [0.2, 0.25) is 0 Å². The van der Waals surface area contributed by atoms with Crippen molar-refractivity contribution in [3.05, 3.63) is 71.8 Å². The molecule has 0 amide bonds. The Morgan fingerprint density at radius 3 is 2.52 bits per heavy atom. The van der Waals surface area contributed by atoms with Gasteiger partial charge in [-0.25, -0.2) is 4.98 Å². The first-order valence-corrected chi connectivity index (χ1v) is 7.06. The van der Waals surface area contributed by atoms with Gasteiger partial charge in [-0.2, -0.15) is 0 Å². The Kier molecular flexibility index (Phi) is 3.84. The fraction of sp³-hybridized carbons (Fsp3) is 0.167. The van der Waals surface area contributed by atoms with Crippen molar-refractivity contribution in [2.45, 2.75) is 13.0 Å². The summed E-state index contributed by atoms with van der Waals surface area (Å²) in [4.78, 5) is 4.67. The second-order valence-electron chi connectivity index (χ2n) is 5.14. The number of para-hydroxylation sites is 1. The molecule has 21 heavy (non-hydrogen) atoms. The van der Waals surface area contributed by atoms with E-state index in [9.17, 15) is 5.11 Å². The molecule has 3 heteroatoms. The molecular formula is C18H18N2O. The zero-order valence-corrected chi connectivity index (χ0v) is 12.0. The van der Waals surface area contributed by atoms with Gasteiger partial charge in [0.15, 0.2) is 0 Å². The highest BCUT2D eigenvalue weighted by Gasteiger charge is 2.12. The second kappa shape index (κ2) is 5.94. The molecular weight excluding hydrogens is 260 g/mol. The first kappa shape index (κ1) is 13.6. The van der Waals surface area contributed by atoms with Crippen LogP contribution in [0.3, 0.4) is 0 Å². The molecule has 2 aromatic carbocycles. The molecule has 0 aliphatic rings. The Morgan fingerprint density at radius 1 is 1.05 bits per heavy atom. The minimum atomic E-state index is -0.154. The van der Waals surface area contributed by atoms with Crippen molar-refractivity contribution in [2.75, 3.05) is 11.9 Å². The lowest BCUT2D eigenvalue weighted by Gasteiger charge is -2.19. The fourth-order valence-corrected chi connectivity index (χ4v) is 2.45. The number of aryl methyl sites for hydroxylation is 1. The van der Waals surface area contributed by atoms with E-state index < -0.39 is 0 Å². The average molecular weight is 278 g/mol. The van der Waals surface area contributed by atoms with Gasteiger partial charge in [-0.1, -0.05) is 48.5 Å². The highest BCUT2D eigenvalue weighted by molar-refractivity contribution is 5.81. The summed E-state index contributed by atoms with van der Waals surface area (Å²) in [5.74, 6) is 0.816. The molecule has 0 radical (unpaired) electrons. The molecule has 0 bridgehead atoms. The highest BCUT2D eigenvalue weighted by Crippen LogP contribution is 2.24. The average Bonchev–Trinajstić information content (AvgIpc) is 2.53. The molecule has 0 saturated heterocycles. The monoisotopic (exact) mass is 278 g/mol. The van der Waals surface area contributed by atoms with Crippen molar-refractivity contribution < 1.29 is 5.11 Å². The number of nitrogens with one attached hydrogen (secondary N) is 1. The van der Waals surface area contributed by atoms with E-state index in [1.165, 1.54) is 0 Å². The number of nitrogens with zero attached hydrogens (tertiary/aromatic N) is 1. The van der Waals surface area contributed by atoms with E-state index in [0.29, 0.717) is 0 Å². The van der Waals surface area contributed by atoms with Crippen LogP contribution >= 0.6 is 0 Å². The summed E-state index contributed by atoms with van der Waals surface area (Å²) in [6.07, 6.45) is 0. The number of fused-ring (bicyclic) bond motifs is 1. The number of aromatic nitrogens is 1. The molecule has 0 spiro atoms. The van der Waals surface area contributed by atoms with Crippen molar-refractivity contribution in [2.24, 2.45) is 0 Å². The largest absolute Gasteiger partial charge is 0.394 e. The smallest absolute Gasteiger partial charge is 0.130 e. The summed E-state index contributed by atoms with van der Waals surface area (Å²) in [7, 11) is 0. The van der Waals surface area contributed by atoms with Crippen LogP contribution in [0.1, 0.15) is 17.2 Å². The maximum atomic E-state index is 9.65. The predicted molar refractivity (Wildman–Crippen MR) is 86.4 cm³/mol. The maximum Gasteiger partial charge on any atom is 0.130 e. The summed E-state index contributed by atoms with van der Waals surface area (Å²) < 4.78 is 0. The first-order chi connectivity index (χ1) is 10.3. The van der Waals surface area contributed by atoms with Gasteiger partial charge in [0.05, 0.1) is 18.2 Å². The van der Waals surface area contributed by atoms with E-state index in [-0.39, 0.29) is 12.6 Å². The maximum absolute atomic E-state index is 9.65. The third-order valence-electron chi connectivity index (χ3n) is 3.61. The summed E-state index contributed by atoms with van der Waals surface area (Å²) in [6, 6.07) is 19.9. The normalized spacial score (nSPS) is 12.3. The Morgan fingerprint density at radius 2 is 1.76 bits per heavy atom. The number of hydrogen-bond acceptors (Lipinski definition) is 3. The number of pyridine rings is 1. The molecule has 1 unspecified atom stereocenters. The number of hydrogen-bond donors (Lipinski definition) is 2. The number of anilines is 1. The van der Waals surface area contributed by atoms with Gasteiger partial charge < -0.3 is 10.4 Å². The number of benzene rings is 2. The molecule has 3 nitrogen and oxygen atoms in total. The second-order valence-corrected chi connectivity index (χ2v) is 5.14. The zero-order valence-electron chi connectivity index (χ0n) is 12.0. The number of rotatable bonds is 4. The summed E-state index contributed by atoms with van der Waals surface area (Å²) >= 11 is 0. The number of aliphatic hydroxyl groups is 1. The van der Waals surface area contributed by atoms with Gasteiger partial charge in [0, 0.05) is 5.39 Å². The molecule has 3 rings (SSSR count). The van der Waals surface area contributed by atoms with Crippen LogP contribution in [-0.4, -0.2) is 16.7 Å². The third kappa shape index (κ3) is 2.88. The van der Waals surface area contributed by atoms with Crippen LogP contribution in [-0.2, 0) is 0 Å². The lowest BCUT2D eigenvalue weighted by atomic mass is 10.1. The lowest BCUT2D eigenvalue weighted by Crippen LogP contribution is -2.16. The zero-order chi connectivity index (χ0) is 14.7. The van der Waals surface area contributed by atoms with Crippen molar-refractivity contribution in [3.63, 3.8) is 0 Å².